The van der Waals surface area contributed by atoms with Crippen LogP contribution >= 0.6 is 0 Å². The number of carbonyl (C=O) groups excluding carboxylic acids is 1. The van der Waals surface area contributed by atoms with E-state index in [9.17, 15) is 4.79 Å². The summed E-state index contributed by atoms with van der Waals surface area (Å²) in [6.07, 6.45) is 6.38. The number of ether oxygens (including phenoxy) is 1. The fourth-order valence-corrected chi connectivity index (χ4v) is 2.22. The van der Waals surface area contributed by atoms with Crippen LogP contribution in [0.15, 0.2) is 0 Å². The molecule has 0 aromatic rings. The third kappa shape index (κ3) is 5.04. The highest BCUT2D eigenvalue weighted by Crippen LogP contribution is 2.15. The second kappa shape index (κ2) is 6.97. The highest BCUT2D eigenvalue weighted by molar-refractivity contribution is 5.85. The van der Waals surface area contributed by atoms with Crippen LogP contribution in [-0.4, -0.2) is 30.7 Å². The zero-order valence-electron chi connectivity index (χ0n) is 11.1. The van der Waals surface area contributed by atoms with Gasteiger partial charge in [0.05, 0.1) is 11.6 Å². The van der Waals surface area contributed by atoms with E-state index in [-0.39, 0.29) is 5.91 Å². The molecule has 17 heavy (non-hydrogen) atoms. The fraction of sp³-hybridized carbons (Fsp3) is 0.923. The molecule has 0 spiro atoms. The molecule has 0 aromatic carbocycles. The van der Waals surface area contributed by atoms with Gasteiger partial charge in [-0.2, -0.15) is 0 Å². The van der Waals surface area contributed by atoms with Crippen LogP contribution < -0.4 is 11.1 Å². The summed E-state index contributed by atoms with van der Waals surface area (Å²) in [7, 11) is 0. The Morgan fingerprint density at radius 3 is 2.88 bits per heavy atom. The van der Waals surface area contributed by atoms with Gasteiger partial charge in [-0.25, -0.2) is 0 Å². The van der Waals surface area contributed by atoms with Gasteiger partial charge >= 0.3 is 0 Å². The Hall–Kier alpha value is -0.610. The van der Waals surface area contributed by atoms with Crippen molar-refractivity contribution in [3.8, 4) is 0 Å². The standard InChI is InChI=1S/C13H26N2O2/c1-3-8-13(2,14)12(16)15-9-7-11-6-4-5-10-17-11/h11H,3-10,14H2,1-2H3,(H,15,16). The van der Waals surface area contributed by atoms with Crippen molar-refractivity contribution in [2.24, 2.45) is 5.73 Å². The largest absolute Gasteiger partial charge is 0.378 e. The van der Waals surface area contributed by atoms with Crippen molar-refractivity contribution in [2.45, 2.75) is 64.0 Å². The monoisotopic (exact) mass is 242 g/mol. The highest BCUT2D eigenvalue weighted by Gasteiger charge is 2.26. The van der Waals surface area contributed by atoms with E-state index in [1.54, 1.807) is 6.92 Å². The molecule has 1 heterocycles. The minimum atomic E-state index is -0.734. The number of hydrogen-bond acceptors (Lipinski definition) is 3. The predicted molar refractivity (Wildman–Crippen MR) is 68.7 cm³/mol. The lowest BCUT2D eigenvalue weighted by atomic mass is 9.96. The van der Waals surface area contributed by atoms with E-state index in [0.717, 1.165) is 32.3 Å². The fourth-order valence-electron chi connectivity index (χ4n) is 2.22. The van der Waals surface area contributed by atoms with Gasteiger partial charge in [-0.1, -0.05) is 13.3 Å². The molecule has 0 bridgehead atoms. The second-order valence-electron chi connectivity index (χ2n) is 5.20. The van der Waals surface area contributed by atoms with E-state index in [4.69, 9.17) is 10.5 Å². The number of carbonyl (C=O) groups is 1. The molecule has 4 nitrogen and oxygen atoms in total. The average molecular weight is 242 g/mol. The zero-order chi connectivity index (χ0) is 12.7. The van der Waals surface area contributed by atoms with Gasteiger partial charge in [-0.05, 0) is 39.0 Å². The van der Waals surface area contributed by atoms with Crippen LogP contribution in [0.2, 0.25) is 0 Å². The molecular formula is C13H26N2O2. The molecule has 1 fully saturated rings. The summed E-state index contributed by atoms with van der Waals surface area (Å²) < 4.78 is 5.61. The molecule has 3 N–H and O–H groups in total. The predicted octanol–water partition coefficient (Wildman–Crippen LogP) is 1.58. The summed E-state index contributed by atoms with van der Waals surface area (Å²) in [6.45, 7) is 5.36. The van der Waals surface area contributed by atoms with Crippen LogP contribution in [-0.2, 0) is 9.53 Å². The summed E-state index contributed by atoms with van der Waals surface area (Å²) in [5.41, 5.74) is 5.21. The first-order valence-corrected chi connectivity index (χ1v) is 6.75. The van der Waals surface area contributed by atoms with Gasteiger partial charge in [-0.3, -0.25) is 4.79 Å². The number of hydrogen-bond donors (Lipinski definition) is 2. The Labute approximate surface area is 104 Å². The summed E-state index contributed by atoms with van der Waals surface area (Å²) >= 11 is 0. The molecule has 0 aliphatic carbocycles. The summed E-state index contributed by atoms with van der Waals surface area (Å²) in [5, 5.41) is 2.91. The first-order chi connectivity index (χ1) is 8.06. The van der Waals surface area contributed by atoms with Gasteiger partial charge in [0.15, 0.2) is 0 Å². The van der Waals surface area contributed by atoms with Gasteiger partial charge in [0.25, 0.3) is 0 Å². The molecule has 2 atom stereocenters. The molecule has 1 aliphatic heterocycles. The number of nitrogens with two attached hydrogens (primary N) is 1. The normalized spacial score (nSPS) is 24.1. The van der Waals surface area contributed by atoms with E-state index in [2.05, 4.69) is 5.32 Å². The first kappa shape index (κ1) is 14.5. The third-order valence-electron chi connectivity index (χ3n) is 3.31. The smallest absolute Gasteiger partial charge is 0.239 e. The molecule has 2 unspecified atom stereocenters. The number of nitrogens with one attached hydrogen (secondary N) is 1. The van der Waals surface area contributed by atoms with Crippen molar-refractivity contribution in [3.63, 3.8) is 0 Å². The number of amides is 1. The van der Waals surface area contributed by atoms with Crippen LogP contribution in [0.5, 0.6) is 0 Å². The quantitative estimate of drug-likeness (QED) is 0.743. The minimum Gasteiger partial charge on any atom is -0.378 e. The van der Waals surface area contributed by atoms with Crippen molar-refractivity contribution >= 4 is 5.91 Å². The first-order valence-electron chi connectivity index (χ1n) is 6.75. The van der Waals surface area contributed by atoms with Crippen LogP contribution in [0.4, 0.5) is 0 Å². The topological polar surface area (TPSA) is 64.4 Å². The summed E-state index contributed by atoms with van der Waals surface area (Å²) in [4.78, 5) is 11.8. The molecule has 100 valence electrons. The summed E-state index contributed by atoms with van der Waals surface area (Å²) in [5.74, 6) is -0.0461. The molecule has 1 saturated heterocycles. The van der Waals surface area contributed by atoms with Crippen molar-refractivity contribution in [3.05, 3.63) is 0 Å². The van der Waals surface area contributed by atoms with Gasteiger partial charge in [0, 0.05) is 13.2 Å². The zero-order valence-corrected chi connectivity index (χ0v) is 11.1. The Morgan fingerprint density at radius 1 is 1.53 bits per heavy atom. The lowest BCUT2D eigenvalue weighted by molar-refractivity contribution is -0.126. The number of rotatable bonds is 6. The Kier molecular flexibility index (Phi) is 5.92. The highest BCUT2D eigenvalue weighted by atomic mass is 16.5. The van der Waals surface area contributed by atoms with Gasteiger partial charge in [0.2, 0.25) is 5.91 Å². The van der Waals surface area contributed by atoms with E-state index < -0.39 is 5.54 Å². The maximum absolute atomic E-state index is 11.8. The van der Waals surface area contributed by atoms with Crippen LogP contribution in [0.1, 0.15) is 52.4 Å². The lowest BCUT2D eigenvalue weighted by Gasteiger charge is -2.25. The van der Waals surface area contributed by atoms with E-state index in [1.165, 1.54) is 12.8 Å². The Balaban J connectivity index is 2.18. The molecule has 1 rings (SSSR count). The Morgan fingerprint density at radius 2 is 2.29 bits per heavy atom. The molecule has 4 heteroatoms. The maximum atomic E-state index is 11.8. The van der Waals surface area contributed by atoms with Crippen LogP contribution in [0.3, 0.4) is 0 Å². The lowest BCUT2D eigenvalue weighted by Crippen LogP contribution is -2.51. The SMILES string of the molecule is CCCC(C)(N)C(=O)NCCC1CCCCO1. The molecule has 0 aromatic heterocycles. The molecular weight excluding hydrogens is 216 g/mol. The average Bonchev–Trinajstić information content (AvgIpc) is 2.30. The molecule has 0 radical (unpaired) electrons. The van der Waals surface area contributed by atoms with Crippen molar-refractivity contribution in [1.29, 1.82) is 0 Å². The van der Waals surface area contributed by atoms with E-state index in [0.29, 0.717) is 12.6 Å². The van der Waals surface area contributed by atoms with E-state index in [1.807, 2.05) is 6.92 Å². The van der Waals surface area contributed by atoms with Crippen LogP contribution in [0, 0.1) is 0 Å². The second-order valence-corrected chi connectivity index (χ2v) is 5.20. The van der Waals surface area contributed by atoms with Gasteiger partial charge < -0.3 is 15.8 Å². The van der Waals surface area contributed by atoms with E-state index >= 15 is 0 Å². The molecule has 1 aliphatic rings. The molecule has 0 saturated carbocycles. The maximum Gasteiger partial charge on any atom is 0.239 e. The van der Waals surface area contributed by atoms with Crippen molar-refractivity contribution in [1.82, 2.24) is 5.32 Å². The van der Waals surface area contributed by atoms with Crippen molar-refractivity contribution < 1.29 is 9.53 Å². The summed E-state index contributed by atoms with van der Waals surface area (Å²) in [6, 6.07) is 0. The van der Waals surface area contributed by atoms with Gasteiger partial charge in [-0.15, -0.1) is 0 Å². The van der Waals surface area contributed by atoms with Crippen molar-refractivity contribution in [2.75, 3.05) is 13.2 Å². The minimum absolute atomic E-state index is 0.0461. The third-order valence-corrected chi connectivity index (χ3v) is 3.31. The molecule has 1 amide bonds. The Bertz CT molecular complexity index is 236. The van der Waals surface area contributed by atoms with Crippen LogP contribution in [0.25, 0.3) is 0 Å². The van der Waals surface area contributed by atoms with Gasteiger partial charge in [0.1, 0.15) is 0 Å².